The predicted molar refractivity (Wildman–Crippen MR) is 121 cm³/mol. The molecule has 0 bridgehead atoms. The van der Waals surface area contributed by atoms with Crippen LogP contribution >= 0.6 is 24.4 Å². The van der Waals surface area contributed by atoms with Gasteiger partial charge in [-0.1, -0.05) is 13.8 Å². The molecule has 1 heterocycles. The zero-order valence-electron chi connectivity index (χ0n) is 17.8. The number of hydrogen-bond acceptors (Lipinski definition) is 7. The minimum absolute atomic E-state index is 0.0757. The van der Waals surface area contributed by atoms with E-state index in [1.807, 2.05) is 20.1 Å². The number of hydrogen-bond donors (Lipinski definition) is 6. The summed E-state index contributed by atoms with van der Waals surface area (Å²) >= 11 is 5.67. The summed E-state index contributed by atoms with van der Waals surface area (Å²) in [7, 11) is 0. The van der Waals surface area contributed by atoms with Gasteiger partial charge in [0, 0.05) is 5.75 Å². The molecule has 0 radical (unpaired) electrons. The molecular weight excluding hydrogens is 428 g/mol. The maximum absolute atomic E-state index is 12.7. The summed E-state index contributed by atoms with van der Waals surface area (Å²) in [5.41, 5.74) is 0. The summed E-state index contributed by atoms with van der Waals surface area (Å²) in [4.78, 5) is 49.2. The number of carboxylic acid groups (broad SMARTS) is 1. The van der Waals surface area contributed by atoms with Gasteiger partial charge in [0.05, 0.1) is 6.04 Å². The molecule has 4 atom stereocenters. The molecule has 1 rings (SSSR count). The molecule has 1 aliphatic rings. The maximum atomic E-state index is 12.7. The number of nitrogens with one attached hydrogen (secondary N) is 4. The van der Waals surface area contributed by atoms with E-state index in [1.165, 1.54) is 11.8 Å². The third kappa shape index (κ3) is 9.13. The van der Waals surface area contributed by atoms with Crippen LogP contribution in [0.5, 0.6) is 0 Å². The number of carbonyl (C=O) groups is 4. The number of thiol groups is 1. The molecule has 1 aliphatic heterocycles. The molecule has 0 aromatic carbocycles. The summed E-state index contributed by atoms with van der Waals surface area (Å²) in [6, 6.07) is -3.15. The molecule has 172 valence electrons. The van der Waals surface area contributed by atoms with Gasteiger partial charge in [-0.2, -0.15) is 24.4 Å². The van der Waals surface area contributed by atoms with Gasteiger partial charge < -0.3 is 26.4 Å². The van der Waals surface area contributed by atoms with E-state index in [0.717, 1.165) is 13.0 Å². The van der Waals surface area contributed by atoms with Gasteiger partial charge in [0.2, 0.25) is 17.7 Å². The molecule has 0 saturated carbocycles. The molecule has 3 amide bonds. The van der Waals surface area contributed by atoms with Crippen LogP contribution in [0.4, 0.5) is 0 Å². The van der Waals surface area contributed by atoms with Crippen LogP contribution in [0.2, 0.25) is 0 Å². The lowest BCUT2D eigenvalue weighted by atomic mass is 10.0. The lowest BCUT2D eigenvalue weighted by molar-refractivity contribution is -0.142. The first-order chi connectivity index (χ1) is 14.2. The zero-order chi connectivity index (χ0) is 22.7. The van der Waals surface area contributed by atoms with E-state index in [0.29, 0.717) is 18.6 Å². The van der Waals surface area contributed by atoms with Crippen LogP contribution in [-0.4, -0.2) is 77.3 Å². The minimum Gasteiger partial charge on any atom is -0.480 e. The molecule has 11 heteroatoms. The van der Waals surface area contributed by atoms with Crippen molar-refractivity contribution in [2.45, 2.75) is 63.7 Å². The van der Waals surface area contributed by atoms with Crippen molar-refractivity contribution < 1.29 is 24.3 Å². The van der Waals surface area contributed by atoms with Crippen molar-refractivity contribution in [3.63, 3.8) is 0 Å². The fourth-order valence-corrected chi connectivity index (χ4v) is 3.85. The Labute approximate surface area is 187 Å². The first kappa shape index (κ1) is 26.6. The van der Waals surface area contributed by atoms with E-state index in [4.69, 9.17) is 0 Å². The Morgan fingerprint density at radius 3 is 2.23 bits per heavy atom. The van der Waals surface area contributed by atoms with Crippen molar-refractivity contribution in [3.8, 4) is 0 Å². The number of rotatable bonds is 13. The highest BCUT2D eigenvalue weighted by Crippen LogP contribution is 2.08. The van der Waals surface area contributed by atoms with Gasteiger partial charge in [-0.25, -0.2) is 4.79 Å². The fraction of sp³-hybridized carbons (Fsp3) is 0.789. The van der Waals surface area contributed by atoms with Gasteiger partial charge >= 0.3 is 5.97 Å². The third-order valence-electron chi connectivity index (χ3n) is 4.76. The van der Waals surface area contributed by atoms with E-state index in [2.05, 4.69) is 33.9 Å². The van der Waals surface area contributed by atoms with Gasteiger partial charge in [0.25, 0.3) is 0 Å². The van der Waals surface area contributed by atoms with Crippen molar-refractivity contribution in [2.75, 3.05) is 24.3 Å². The SMILES string of the molecule is CSCCC(NC(=O)C(CS)NC(=O)C1CCCN1)C(=O)NC(CC(C)C)C(=O)O. The van der Waals surface area contributed by atoms with Crippen molar-refractivity contribution in [1.82, 2.24) is 21.3 Å². The van der Waals surface area contributed by atoms with Gasteiger partial charge in [0.1, 0.15) is 18.1 Å². The van der Waals surface area contributed by atoms with E-state index >= 15 is 0 Å². The molecule has 1 saturated heterocycles. The molecule has 0 aliphatic carbocycles. The summed E-state index contributed by atoms with van der Waals surface area (Å²) in [6.07, 6.45) is 4.10. The highest BCUT2D eigenvalue weighted by molar-refractivity contribution is 7.98. The Morgan fingerprint density at radius 2 is 1.73 bits per heavy atom. The molecule has 0 spiro atoms. The van der Waals surface area contributed by atoms with Crippen molar-refractivity contribution in [1.29, 1.82) is 0 Å². The second kappa shape index (κ2) is 13.8. The molecule has 0 aromatic rings. The second-order valence-corrected chi connectivity index (χ2v) is 9.12. The predicted octanol–water partition coefficient (Wildman–Crippen LogP) is 0.00640. The van der Waals surface area contributed by atoms with E-state index in [1.54, 1.807) is 0 Å². The monoisotopic (exact) mass is 462 g/mol. The molecular formula is C19H34N4O5S2. The van der Waals surface area contributed by atoms with E-state index in [9.17, 15) is 24.3 Å². The van der Waals surface area contributed by atoms with Crippen LogP contribution in [0, 0.1) is 5.92 Å². The average Bonchev–Trinajstić information content (AvgIpc) is 3.22. The highest BCUT2D eigenvalue weighted by atomic mass is 32.2. The van der Waals surface area contributed by atoms with Gasteiger partial charge in [-0.15, -0.1) is 0 Å². The molecule has 0 aromatic heterocycles. The quantitative estimate of drug-likeness (QED) is 0.212. The van der Waals surface area contributed by atoms with Crippen molar-refractivity contribution in [3.05, 3.63) is 0 Å². The van der Waals surface area contributed by atoms with Gasteiger partial charge in [0.15, 0.2) is 0 Å². The fourth-order valence-electron chi connectivity index (χ4n) is 3.12. The second-order valence-electron chi connectivity index (χ2n) is 7.76. The molecule has 4 unspecified atom stereocenters. The lowest BCUT2D eigenvalue weighted by Crippen LogP contribution is -2.57. The number of aliphatic carboxylic acids is 1. The number of carbonyl (C=O) groups excluding carboxylic acids is 3. The van der Waals surface area contributed by atoms with Crippen molar-refractivity contribution >= 4 is 48.1 Å². The summed E-state index contributed by atoms with van der Waals surface area (Å²) in [6.45, 7) is 4.50. The topological polar surface area (TPSA) is 137 Å². The highest BCUT2D eigenvalue weighted by Gasteiger charge is 2.31. The Hall–Kier alpha value is -1.46. The van der Waals surface area contributed by atoms with Crippen LogP contribution in [0.1, 0.15) is 39.5 Å². The number of thioether (sulfide) groups is 1. The average molecular weight is 463 g/mol. The first-order valence-corrected chi connectivity index (χ1v) is 12.2. The Kier molecular flexibility index (Phi) is 12.2. The smallest absolute Gasteiger partial charge is 0.326 e. The number of amides is 3. The van der Waals surface area contributed by atoms with Crippen LogP contribution in [0.25, 0.3) is 0 Å². The summed E-state index contributed by atoms with van der Waals surface area (Å²) < 4.78 is 0. The van der Waals surface area contributed by atoms with Crippen LogP contribution in [-0.2, 0) is 19.2 Å². The summed E-state index contributed by atoms with van der Waals surface area (Å²) in [5.74, 6) is -1.69. The first-order valence-electron chi connectivity index (χ1n) is 10.2. The van der Waals surface area contributed by atoms with E-state index < -0.39 is 35.9 Å². The zero-order valence-corrected chi connectivity index (χ0v) is 19.5. The van der Waals surface area contributed by atoms with Crippen LogP contribution < -0.4 is 21.3 Å². The van der Waals surface area contributed by atoms with Crippen LogP contribution in [0.15, 0.2) is 0 Å². The molecule has 9 nitrogen and oxygen atoms in total. The summed E-state index contributed by atoms with van der Waals surface area (Å²) in [5, 5.41) is 20.3. The van der Waals surface area contributed by atoms with Gasteiger partial charge in [-0.3, -0.25) is 14.4 Å². The molecule has 1 fully saturated rings. The largest absolute Gasteiger partial charge is 0.480 e. The lowest BCUT2D eigenvalue weighted by Gasteiger charge is -2.25. The Morgan fingerprint density at radius 1 is 1.10 bits per heavy atom. The minimum atomic E-state index is -1.11. The molecule has 30 heavy (non-hydrogen) atoms. The Balaban J connectivity index is 2.77. The normalized spacial score (nSPS) is 19.0. The van der Waals surface area contributed by atoms with Gasteiger partial charge in [-0.05, 0) is 50.2 Å². The Bertz CT molecular complexity index is 599. The van der Waals surface area contributed by atoms with Crippen LogP contribution in [0.3, 0.4) is 0 Å². The molecule has 5 N–H and O–H groups in total. The maximum Gasteiger partial charge on any atom is 0.326 e. The standard InChI is InChI=1S/C19H34N4O5S2/c1-11(2)9-14(19(27)28)22-17(25)13(6-8-30-3)21-18(26)15(10-29)23-16(24)12-5-4-7-20-12/h11-15,20,29H,4-10H2,1-3H3,(H,21,26)(H,22,25)(H,23,24)(H,27,28). The van der Waals surface area contributed by atoms with E-state index in [-0.39, 0.29) is 30.0 Å². The number of carboxylic acids is 1. The van der Waals surface area contributed by atoms with Crippen molar-refractivity contribution in [2.24, 2.45) is 5.92 Å². The third-order valence-corrected chi connectivity index (χ3v) is 5.77.